The molecule has 0 unspecified atom stereocenters. The molecule has 0 saturated carbocycles. The quantitative estimate of drug-likeness (QED) is 0.177. The minimum Gasteiger partial charge on any atom is -0.248 e. The molecule has 0 spiro atoms. The zero-order valence-electron chi connectivity index (χ0n) is 25.3. The zero-order valence-corrected chi connectivity index (χ0v) is 26.2. The normalized spacial score (nSPS) is 14.1. The van der Waals surface area contributed by atoms with E-state index in [1.165, 1.54) is 56.3 Å². The molecular formula is C42H38NP. The molecule has 216 valence electrons. The Kier molecular flexibility index (Phi) is 9.88. The van der Waals surface area contributed by atoms with E-state index in [0.717, 1.165) is 24.1 Å². The average molecular weight is 588 g/mol. The van der Waals surface area contributed by atoms with Gasteiger partial charge in [0.15, 0.2) is 0 Å². The molecule has 0 radical (unpaired) electrons. The van der Waals surface area contributed by atoms with Crippen LogP contribution in [0.25, 0.3) is 27.2 Å². The number of rotatable bonds is 6. The Balaban J connectivity index is 0.000000205. The predicted octanol–water partition coefficient (Wildman–Crippen LogP) is 10.4. The fourth-order valence-electron chi connectivity index (χ4n) is 5.67. The van der Waals surface area contributed by atoms with E-state index in [2.05, 4.69) is 170 Å². The molecule has 0 aliphatic heterocycles. The third kappa shape index (κ3) is 7.49. The van der Waals surface area contributed by atoms with Crippen LogP contribution < -0.4 is 10.6 Å². The second-order valence-corrected chi connectivity index (χ2v) is 13.3. The van der Waals surface area contributed by atoms with Crippen molar-refractivity contribution in [3.63, 3.8) is 0 Å². The minimum atomic E-state index is -0.171. The van der Waals surface area contributed by atoms with E-state index in [4.69, 9.17) is 4.98 Å². The molecule has 0 saturated heterocycles. The summed E-state index contributed by atoms with van der Waals surface area (Å²) in [6.45, 7) is 2.31. The Morgan fingerprint density at radius 2 is 1.34 bits per heavy atom. The van der Waals surface area contributed by atoms with Crippen LogP contribution in [0.3, 0.4) is 0 Å². The lowest BCUT2D eigenvalue weighted by atomic mass is 9.95. The van der Waals surface area contributed by atoms with Crippen molar-refractivity contribution in [2.45, 2.75) is 25.7 Å². The number of pyridine rings is 1. The van der Waals surface area contributed by atoms with Gasteiger partial charge in [0.05, 0.1) is 11.2 Å². The molecular weight excluding hydrogens is 549 g/mol. The third-order valence-corrected chi connectivity index (χ3v) is 10.3. The van der Waals surface area contributed by atoms with Gasteiger partial charge in [-0.05, 0) is 84.1 Å². The summed E-state index contributed by atoms with van der Waals surface area (Å²) in [7, 11) is -0.171. The molecule has 7 rings (SSSR count). The number of nitrogens with zero attached hydrogens (tertiary/aromatic N) is 1. The van der Waals surface area contributed by atoms with Crippen LogP contribution in [-0.2, 0) is 6.42 Å². The summed E-state index contributed by atoms with van der Waals surface area (Å²) < 4.78 is 0. The van der Waals surface area contributed by atoms with Crippen LogP contribution in [0.4, 0.5) is 0 Å². The first-order valence-corrected chi connectivity index (χ1v) is 17.3. The average Bonchev–Trinajstić information content (AvgIpc) is 3.11. The van der Waals surface area contributed by atoms with Crippen molar-refractivity contribution < 1.29 is 0 Å². The van der Waals surface area contributed by atoms with Crippen molar-refractivity contribution in [2.75, 3.05) is 6.66 Å². The SMILES string of the molecule is C1=C/C(=C/C=C(\Cc2cccc3ccccc23)c2ccc3ccccc3n2)CCC1.CP(c1ccccc1)c1ccccc1. The zero-order chi connectivity index (χ0) is 30.0. The molecule has 5 aromatic carbocycles. The maximum absolute atomic E-state index is 5.00. The smallest absolute Gasteiger partial charge is 0.0709 e. The molecule has 0 bridgehead atoms. The summed E-state index contributed by atoms with van der Waals surface area (Å²) in [5.41, 5.74) is 6.09. The highest BCUT2D eigenvalue weighted by molar-refractivity contribution is 7.72. The summed E-state index contributed by atoms with van der Waals surface area (Å²) in [4.78, 5) is 5.00. The van der Waals surface area contributed by atoms with Gasteiger partial charge in [-0.2, -0.15) is 0 Å². The van der Waals surface area contributed by atoms with E-state index < -0.39 is 0 Å². The van der Waals surface area contributed by atoms with Gasteiger partial charge in [-0.3, -0.25) is 0 Å². The Morgan fingerprint density at radius 3 is 2.07 bits per heavy atom. The van der Waals surface area contributed by atoms with Gasteiger partial charge in [-0.15, -0.1) is 0 Å². The summed E-state index contributed by atoms with van der Waals surface area (Å²) in [6, 6.07) is 49.3. The Morgan fingerprint density at radius 1 is 0.682 bits per heavy atom. The monoisotopic (exact) mass is 587 g/mol. The largest absolute Gasteiger partial charge is 0.248 e. The lowest BCUT2D eigenvalue weighted by molar-refractivity contribution is 0.821. The number of hydrogen-bond donors (Lipinski definition) is 0. The van der Waals surface area contributed by atoms with Crippen molar-refractivity contribution in [2.24, 2.45) is 0 Å². The van der Waals surface area contributed by atoms with Gasteiger partial charge in [-0.1, -0.05) is 152 Å². The van der Waals surface area contributed by atoms with Crippen molar-refractivity contribution in [3.8, 4) is 0 Å². The van der Waals surface area contributed by atoms with E-state index >= 15 is 0 Å². The first-order valence-electron chi connectivity index (χ1n) is 15.5. The first-order chi connectivity index (χ1) is 21.7. The predicted molar refractivity (Wildman–Crippen MR) is 193 cm³/mol. The fourth-order valence-corrected chi connectivity index (χ4v) is 7.21. The lowest BCUT2D eigenvalue weighted by Gasteiger charge is -2.12. The van der Waals surface area contributed by atoms with Gasteiger partial charge in [0, 0.05) is 11.8 Å². The molecule has 0 atom stereocenters. The van der Waals surface area contributed by atoms with Crippen molar-refractivity contribution in [1.29, 1.82) is 0 Å². The standard InChI is InChI=1S/C29H25N.C13H13P/c1-2-9-22(10-3-1)17-18-26(29-20-19-24-12-5-7-16-28(24)30-29)21-25-14-8-13-23-11-4-6-15-27(23)25;1-14(12-8-4-2-5-9-12)13-10-6-3-7-11-13/h2,4-9,11-20H,1,3,10,21H2;2-11H,1H3/b22-17-,26-18+;. The van der Waals surface area contributed by atoms with Gasteiger partial charge in [-0.25, -0.2) is 4.98 Å². The molecule has 0 amide bonds. The molecule has 1 aromatic heterocycles. The molecule has 2 heteroatoms. The maximum Gasteiger partial charge on any atom is 0.0709 e. The van der Waals surface area contributed by atoms with Crippen LogP contribution >= 0.6 is 7.92 Å². The van der Waals surface area contributed by atoms with E-state index in [1.54, 1.807) is 0 Å². The Labute approximate surface area is 263 Å². The number of fused-ring (bicyclic) bond motifs is 2. The Bertz CT molecular complexity index is 1870. The van der Waals surface area contributed by atoms with Gasteiger partial charge < -0.3 is 0 Å². The highest BCUT2D eigenvalue weighted by Gasteiger charge is 2.09. The highest BCUT2D eigenvalue weighted by Crippen LogP contribution is 2.28. The molecule has 1 aliphatic carbocycles. The fraction of sp³-hybridized carbons (Fsp3) is 0.119. The number of allylic oxidation sites excluding steroid dienone is 6. The van der Waals surface area contributed by atoms with Crippen LogP contribution in [0.2, 0.25) is 0 Å². The molecule has 1 nitrogen and oxygen atoms in total. The van der Waals surface area contributed by atoms with Crippen molar-refractivity contribution >= 4 is 45.8 Å². The molecule has 0 fully saturated rings. The summed E-state index contributed by atoms with van der Waals surface area (Å²) in [5, 5.41) is 6.66. The Hall–Kier alpha value is -4.58. The summed E-state index contributed by atoms with van der Waals surface area (Å²) >= 11 is 0. The number of benzene rings is 5. The molecule has 1 heterocycles. The van der Waals surface area contributed by atoms with Crippen molar-refractivity contribution in [1.82, 2.24) is 4.98 Å². The number of aromatic nitrogens is 1. The van der Waals surface area contributed by atoms with E-state index in [1.807, 2.05) is 0 Å². The van der Waals surface area contributed by atoms with Crippen LogP contribution in [0.15, 0.2) is 169 Å². The van der Waals surface area contributed by atoms with Crippen LogP contribution in [-0.4, -0.2) is 11.6 Å². The number of para-hydroxylation sites is 1. The molecule has 6 aromatic rings. The van der Waals surface area contributed by atoms with Gasteiger partial charge >= 0.3 is 0 Å². The minimum absolute atomic E-state index is 0.171. The summed E-state index contributed by atoms with van der Waals surface area (Å²) in [6.07, 6.45) is 13.6. The van der Waals surface area contributed by atoms with Gasteiger partial charge in [0.1, 0.15) is 0 Å². The molecule has 44 heavy (non-hydrogen) atoms. The lowest BCUT2D eigenvalue weighted by Crippen LogP contribution is -2.09. The second kappa shape index (κ2) is 14.7. The van der Waals surface area contributed by atoms with E-state index in [0.29, 0.717) is 0 Å². The molecule has 1 aliphatic rings. The second-order valence-electron chi connectivity index (χ2n) is 11.2. The topological polar surface area (TPSA) is 12.9 Å². The van der Waals surface area contributed by atoms with Gasteiger partial charge in [0.25, 0.3) is 0 Å². The van der Waals surface area contributed by atoms with Crippen LogP contribution in [0, 0.1) is 0 Å². The van der Waals surface area contributed by atoms with Crippen LogP contribution in [0.5, 0.6) is 0 Å². The van der Waals surface area contributed by atoms with E-state index in [9.17, 15) is 0 Å². The summed E-state index contributed by atoms with van der Waals surface area (Å²) in [5.74, 6) is 0. The number of hydrogen-bond acceptors (Lipinski definition) is 1. The highest BCUT2D eigenvalue weighted by atomic mass is 31.1. The third-order valence-electron chi connectivity index (χ3n) is 8.14. The van der Waals surface area contributed by atoms with E-state index in [-0.39, 0.29) is 7.92 Å². The first kappa shape index (κ1) is 29.5. The van der Waals surface area contributed by atoms with Gasteiger partial charge in [0.2, 0.25) is 0 Å². The van der Waals surface area contributed by atoms with Crippen LogP contribution in [0.1, 0.15) is 30.5 Å². The van der Waals surface area contributed by atoms with Crippen molar-refractivity contribution in [3.05, 3.63) is 181 Å². The maximum atomic E-state index is 5.00. The molecule has 0 N–H and O–H groups in total.